The van der Waals surface area contributed by atoms with Gasteiger partial charge in [-0.3, -0.25) is 9.78 Å². The van der Waals surface area contributed by atoms with Crippen LogP contribution in [0.3, 0.4) is 0 Å². The summed E-state index contributed by atoms with van der Waals surface area (Å²) in [7, 11) is 0. The zero-order valence-electron chi connectivity index (χ0n) is 12.4. The van der Waals surface area contributed by atoms with E-state index in [1.807, 2.05) is 13.0 Å². The lowest BCUT2D eigenvalue weighted by Crippen LogP contribution is -2.23. The van der Waals surface area contributed by atoms with E-state index < -0.39 is 0 Å². The molecule has 0 aliphatic rings. The van der Waals surface area contributed by atoms with Crippen molar-refractivity contribution in [3.63, 3.8) is 0 Å². The summed E-state index contributed by atoms with van der Waals surface area (Å²) in [5, 5.41) is 3.56. The van der Waals surface area contributed by atoms with E-state index in [1.165, 1.54) is 0 Å². The van der Waals surface area contributed by atoms with E-state index in [0.29, 0.717) is 16.3 Å². The summed E-state index contributed by atoms with van der Waals surface area (Å²) >= 11 is 6.04. The number of hydrogen-bond donors (Lipinski definition) is 3. The Morgan fingerprint density at radius 1 is 1.32 bits per heavy atom. The standard InChI is InChI=1S/C14H16ClN5O.ClH/c1-7-9(3)17-14(19-12(7)21)20-13(16)18-11-6-4-5-10(15)8(11)2;/h4-6H,1-3H3,(H4,16,17,18,19,20,21);1H. The zero-order valence-corrected chi connectivity index (χ0v) is 14.0. The number of nitrogens with zero attached hydrogens (tertiary/aromatic N) is 2. The van der Waals surface area contributed by atoms with E-state index in [4.69, 9.17) is 17.3 Å². The number of aryl methyl sites for hydroxylation is 1. The highest BCUT2D eigenvalue weighted by Crippen LogP contribution is 2.22. The van der Waals surface area contributed by atoms with Crippen LogP contribution in [-0.4, -0.2) is 15.9 Å². The Morgan fingerprint density at radius 2 is 2.00 bits per heavy atom. The predicted molar refractivity (Wildman–Crippen MR) is 92.7 cm³/mol. The van der Waals surface area contributed by atoms with E-state index >= 15 is 0 Å². The van der Waals surface area contributed by atoms with Gasteiger partial charge >= 0.3 is 0 Å². The van der Waals surface area contributed by atoms with Crippen molar-refractivity contribution in [1.82, 2.24) is 9.97 Å². The Hall–Kier alpha value is -2.05. The van der Waals surface area contributed by atoms with Crippen molar-refractivity contribution in [1.29, 1.82) is 0 Å². The minimum absolute atomic E-state index is 0. The van der Waals surface area contributed by atoms with Gasteiger partial charge in [-0.15, -0.1) is 12.4 Å². The normalized spacial score (nSPS) is 11.0. The first kappa shape index (κ1) is 18.0. The number of nitrogens with one attached hydrogen (secondary N) is 2. The van der Waals surface area contributed by atoms with Crippen LogP contribution in [0.5, 0.6) is 0 Å². The van der Waals surface area contributed by atoms with Crippen molar-refractivity contribution >= 4 is 41.6 Å². The molecule has 0 radical (unpaired) electrons. The van der Waals surface area contributed by atoms with Crippen molar-refractivity contribution in [2.45, 2.75) is 20.8 Å². The molecule has 0 fully saturated rings. The number of guanidine groups is 1. The molecule has 1 heterocycles. The number of anilines is 1. The molecule has 6 nitrogen and oxygen atoms in total. The Balaban J connectivity index is 0.00000242. The van der Waals surface area contributed by atoms with E-state index in [-0.39, 0.29) is 29.9 Å². The molecular weight excluding hydrogens is 325 g/mol. The largest absolute Gasteiger partial charge is 0.369 e. The fourth-order valence-electron chi connectivity index (χ4n) is 1.71. The molecule has 0 aliphatic carbocycles. The minimum Gasteiger partial charge on any atom is -0.369 e. The van der Waals surface area contributed by atoms with E-state index in [1.54, 1.807) is 26.0 Å². The number of aromatic nitrogens is 2. The molecule has 1 aromatic carbocycles. The van der Waals surface area contributed by atoms with Crippen LogP contribution >= 0.6 is 24.0 Å². The lowest BCUT2D eigenvalue weighted by atomic mass is 10.2. The van der Waals surface area contributed by atoms with E-state index in [9.17, 15) is 4.79 Å². The molecule has 0 saturated heterocycles. The SMILES string of the molecule is Cc1nc(N=C(N)Nc2cccc(Cl)c2C)[nH]c(=O)c1C.Cl. The molecule has 0 atom stereocenters. The predicted octanol–water partition coefficient (Wildman–Crippen LogP) is 2.83. The van der Waals surface area contributed by atoms with Gasteiger partial charge in [0.15, 0.2) is 0 Å². The van der Waals surface area contributed by atoms with Gasteiger partial charge in [0.05, 0.1) is 0 Å². The number of hydrogen-bond acceptors (Lipinski definition) is 3. The highest BCUT2D eigenvalue weighted by molar-refractivity contribution is 6.31. The Morgan fingerprint density at radius 3 is 2.64 bits per heavy atom. The van der Waals surface area contributed by atoms with Crippen LogP contribution in [0.25, 0.3) is 0 Å². The van der Waals surface area contributed by atoms with Crippen LogP contribution in [-0.2, 0) is 0 Å². The molecule has 22 heavy (non-hydrogen) atoms. The number of halogens is 2. The third-order valence-electron chi connectivity index (χ3n) is 3.14. The molecule has 0 spiro atoms. The first-order valence-electron chi connectivity index (χ1n) is 6.32. The maximum absolute atomic E-state index is 11.7. The molecule has 1 aromatic heterocycles. The second-order valence-electron chi connectivity index (χ2n) is 4.63. The van der Waals surface area contributed by atoms with Gasteiger partial charge < -0.3 is 11.1 Å². The Labute approximate surface area is 139 Å². The van der Waals surface area contributed by atoms with Crippen LogP contribution in [0.2, 0.25) is 5.02 Å². The van der Waals surface area contributed by atoms with Crippen molar-refractivity contribution in [2.75, 3.05) is 5.32 Å². The molecule has 4 N–H and O–H groups in total. The molecule has 0 bridgehead atoms. The molecule has 0 amide bonds. The summed E-state index contributed by atoms with van der Waals surface area (Å²) in [5.74, 6) is 0.277. The fourth-order valence-corrected chi connectivity index (χ4v) is 1.88. The summed E-state index contributed by atoms with van der Waals surface area (Å²) < 4.78 is 0. The average molecular weight is 342 g/mol. The van der Waals surface area contributed by atoms with Gasteiger partial charge in [0.2, 0.25) is 11.9 Å². The lowest BCUT2D eigenvalue weighted by Gasteiger charge is -2.09. The number of benzene rings is 1. The quantitative estimate of drug-likeness (QED) is 0.578. The van der Waals surface area contributed by atoms with Gasteiger partial charge in [-0.05, 0) is 38.5 Å². The second-order valence-corrected chi connectivity index (χ2v) is 5.04. The van der Waals surface area contributed by atoms with Gasteiger partial charge in [0.25, 0.3) is 5.56 Å². The lowest BCUT2D eigenvalue weighted by molar-refractivity contribution is 1.01. The summed E-state index contributed by atoms with van der Waals surface area (Å²) in [6, 6.07) is 5.43. The number of rotatable bonds is 2. The highest BCUT2D eigenvalue weighted by atomic mass is 35.5. The Kier molecular flexibility index (Phi) is 5.96. The van der Waals surface area contributed by atoms with Gasteiger partial charge in [-0.1, -0.05) is 17.7 Å². The number of nitrogens with two attached hydrogens (primary N) is 1. The maximum Gasteiger partial charge on any atom is 0.255 e. The number of aliphatic imine (C=N–C) groups is 1. The average Bonchev–Trinajstić information content (AvgIpc) is 2.41. The highest BCUT2D eigenvalue weighted by Gasteiger charge is 2.05. The molecular formula is C14H17Cl2N5O. The number of H-pyrrole nitrogens is 1. The van der Waals surface area contributed by atoms with Gasteiger partial charge in [0, 0.05) is 22.0 Å². The fraction of sp³-hybridized carbons (Fsp3) is 0.214. The van der Waals surface area contributed by atoms with Crippen LogP contribution in [0, 0.1) is 20.8 Å². The molecule has 8 heteroatoms. The molecule has 0 aliphatic heterocycles. The maximum atomic E-state index is 11.7. The van der Waals surface area contributed by atoms with Gasteiger partial charge in [-0.25, -0.2) is 4.98 Å². The van der Waals surface area contributed by atoms with Crippen molar-refractivity contribution in [2.24, 2.45) is 10.7 Å². The van der Waals surface area contributed by atoms with Crippen LogP contribution in [0.4, 0.5) is 11.6 Å². The molecule has 2 aromatic rings. The van der Waals surface area contributed by atoms with Crippen molar-refractivity contribution < 1.29 is 0 Å². The van der Waals surface area contributed by atoms with Gasteiger partial charge in [0.1, 0.15) is 0 Å². The second kappa shape index (κ2) is 7.29. The monoisotopic (exact) mass is 341 g/mol. The van der Waals surface area contributed by atoms with Crippen molar-refractivity contribution in [3.8, 4) is 0 Å². The topological polar surface area (TPSA) is 96.2 Å². The van der Waals surface area contributed by atoms with Crippen LogP contribution < -0.4 is 16.6 Å². The van der Waals surface area contributed by atoms with E-state index in [2.05, 4.69) is 20.3 Å². The smallest absolute Gasteiger partial charge is 0.255 e. The summed E-state index contributed by atoms with van der Waals surface area (Å²) in [6.45, 7) is 5.31. The molecule has 118 valence electrons. The van der Waals surface area contributed by atoms with Crippen molar-refractivity contribution in [3.05, 3.63) is 50.4 Å². The summed E-state index contributed by atoms with van der Waals surface area (Å²) in [6.07, 6.45) is 0. The zero-order chi connectivity index (χ0) is 15.6. The third kappa shape index (κ3) is 3.99. The first-order chi connectivity index (χ1) is 9.88. The minimum atomic E-state index is -0.229. The van der Waals surface area contributed by atoms with Crippen LogP contribution in [0.1, 0.15) is 16.8 Å². The van der Waals surface area contributed by atoms with E-state index in [0.717, 1.165) is 11.3 Å². The van der Waals surface area contributed by atoms with Gasteiger partial charge in [-0.2, -0.15) is 4.99 Å². The molecule has 2 rings (SSSR count). The molecule has 0 saturated carbocycles. The first-order valence-corrected chi connectivity index (χ1v) is 6.70. The summed E-state index contributed by atoms with van der Waals surface area (Å²) in [4.78, 5) is 22.4. The number of aromatic amines is 1. The molecule has 0 unspecified atom stereocenters. The Bertz CT molecular complexity index is 770. The third-order valence-corrected chi connectivity index (χ3v) is 3.55. The summed E-state index contributed by atoms with van der Waals surface area (Å²) in [5.41, 5.74) is 8.38. The van der Waals surface area contributed by atoms with Crippen LogP contribution in [0.15, 0.2) is 28.0 Å².